The van der Waals surface area contributed by atoms with Crippen molar-refractivity contribution in [1.82, 2.24) is 14.7 Å². The number of aliphatic imine (C=N–C) groups is 1. The topological polar surface area (TPSA) is 39.2 Å². The maximum Gasteiger partial charge on any atom is 0.259 e. The first-order chi connectivity index (χ1) is 14.6. The smallest absolute Gasteiger partial charge is 0.259 e. The van der Waals surface area contributed by atoms with Gasteiger partial charge in [-0.2, -0.15) is 0 Å². The number of halogens is 2. The van der Waals surface area contributed by atoms with Crippen LogP contribution in [0.25, 0.3) is 0 Å². The molecule has 3 heterocycles. The SMILES string of the molecule is O=C1C2=C(CCN(Cc3ccccc3Br)C2)N2CCN=C2N1Cc1ccccc1Br. The van der Waals surface area contributed by atoms with E-state index < -0.39 is 0 Å². The van der Waals surface area contributed by atoms with Crippen LogP contribution in [0, 0.1) is 0 Å². The summed E-state index contributed by atoms with van der Waals surface area (Å²) in [7, 11) is 0. The number of hydrogen-bond donors (Lipinski definition) is 0. The molecule has 0 spiro atoms. The van der Waals surface area contributed by atoms with Crippen molar-refractivity contribution in [3.63, 3.8) is 0 Å². The van der Waals surface area contributed by atoms with Crippen LogP contribution in [0.4, 0.5) is 0 Å². The van der Waals surface area contributed by atoms with E-state index >= 15 is 0 Å². The summed E-state index contributed by atoms with van der Waals surface area (Å²) in [4.78, 5) is 24.8. The maximum absolute atomic E-state index is 13.6. The number of benzene rings is 2. The normalized spacial score (nSPS) is 19.1. The fraction of sp³-hybridized carbons (Fsp3) is 0.304. The average molecular weight is 530 g/mol. The molecule has 0 saturated carbocycles. The summed E-state index contributed by atoms with van der Waals surface area (Å²) in [5.74, 6) is 0.906. The number of hydrogen-bond acceptors (Lipinski definition) is 4. The van der Waals surface area contributed by atoms with Gasteiger partial charge >= 0.3 is 0 Å². The van der Waals surface area contributed by atoms with Crippen molar-refractivity contribution in [3.05, 3.63) is 79.9 Å². The molecule has 7 heteroatoms. The average Bonchev–Trinajstić information content (AvgIpc) is 3.24. The van der Waals surface area contributed by atoms with Crippen molar-refractivity contribution >= 4 is 43.7 Å². The first kappa shape index (κ1) is 20.0. The third-order valence-corrected chi connectivity index (χ3v) is 7.47. The van der Waals surface area contributed by atoms with Crippen LogP contribution < -0.4 is 0 Å². The molecular formula is C23H22Br2N4O. The first-order valence-electron chi connectivity index (χ1n) is 10.2. The Hall–Kier alpha value is -1.96. The van der Waals surface area contributed by atoms with Gasteiger partial charge in [0, 0.05) is 47.2 Å². The second-order valence-electron chi connectivity index (χ2n) is 7.79. The molecule has 5 nitrogen and oxygen atoms in total. The van der Waals surface area contributed by atoms with Crippen molar-refractivity contribution < 1.29 is 4.79 Å². The van der Waals surface area contributed by atoms with Crippen LogP contribution >= 0.6 is 31.9 Å². The van der Waals surface area contributed by atoms with Gasteiger partial charge in [0.25, 0.3) is 5.91 Å². The fourth-order valence-corrected chi connectivity index (χ4v) is 5.24. The second kappa shape index (κ2) is 8.29. The number of guanidine groups is 1. The van der Waals surface area contributed by atoms with Crippen LogP contribution in [-0.2, 0) is 17.9 Å². The van der Waals surface area contributed by atoms with Gasteiger partial charge in [-0.15, -0.1) is 0 Å². The van der Waals surface area contributed by atoms with E-state index in [0.29, 0.717) is 13.1 Å². The highest BCUT2D eigenvalue weighted by atomic mass is 79.9. The lowest BCUT2D eigenvalue weighted by molar-refractivity contribution is -0.125. The lowest BCUT2D eigenvalue weighted by Gasteiger charge is -2.42. The van der Waals surface area contributed by atoms with Gasteiger partial charge in [-0.1, -0.05) is 68.3 Å². The number of rotatable bonds is 4. The molecule has 0 fully saturated rings. The minimum atomic E-state index is 0.0921. The molecule has 0 N–H and O–H groups in total. The van der Waals surface area contributed by atoms with Gasteiger partial charge in [0.1, 0.15) is 0 Å². The highest BCUT2D eigenvalue weighted by Gasteiger charge is 2.41. The van der Waals surface area contributed by atoms with Crippen molar-refractivity contribution in [2.45, 2.75) is 19.5 Å². The van der Waals surface area contributed by atoms with Gasteiger partial charge in [0.2, 0.25) is 5.96 Å². The molecule has 2 aromatic rings. The third kappa shape index (κ3) is 3.63. The van der Waals surface area contributed by atoms with Crippen molar-refractivity contribution in [3.8, 4) is 0 Å². The number of fused-ring (bicyclic) bond motifs is 2. The summed E-state index contributed by atoms with van der Waals surface area (Å²) in [6.07, 6.45) is 0.882. The van der Waals surface area contributed by atoms with Crippen LogP contribution in [0.3, 0.4) is 0 Å². The highest BCUT2D eigenvalue weighted by Crippen LogP contribution is 2.33. The third-order valence-electron chi connectivity index (χ3n) is 5.92. The van der Waals surface area contributed by atoms with E-state index in [1.54, 1.807) is 0 Å². The molecule has 0 aliphatic carbocycles. The molecule has 154 valence electrons. The molecule has 0 atom stereocenters. The lowest BCUT2D eigenvalue weighted by Crippen LogP contribution is -2.53. The summed E-state index contributed by atoms with van der Waals surface area (Å²) in [6.45, 7) is 4.57. The molecule has 0 bridgehead atoms. The summed E-state index contributed by atoms with van der Waals surface area (Å²) < 4.78 is 2.13. The van der Waals surface area contributed by atoms with E-state index in [1.807, 2.05) is 29.2 Å². The zero-order valence-electron chi connectivity index (χ0n) is 16.5. The molecule has 3 aliphatic rings. The van der Waals surface area contributed by atoms with Gasteiger partial charge in [-0.05, 0) is 23.3 Å². The van der Waals surface area contributed by atoms with Crippen molar-refractivity contribution in [2.75, 3.05) is 26.2 Å². The number of carbonyl (C=O) groups is 1. The zero-order valence-corrected chi connectivity index (χ0v) is 19.7. The Labute approximate surface area is 193 Å². The molecule has 2 aromatic carbocycles. The largest absolute Gasteiger partial charge is 0.314 e. The van der Waals surface area contributed by atoms with Crippen molar-refractivity contribution in [1.29, 1.82) is 0 Å². The maximum atomic E-state index is 13.6. The van der Waals surface area contributed by atoms with Crippen molar-refractivity contribution in [2.24, 2.45) is 4.99 Å². The van der Waals surface area contributed by atoms with Gasteiger partial charge < -0.3 is 4.90 Å². The molecule has 0 unspecified atom stereocenters. The summed E-state index contributed by atoms with van der Waals surface area (Å²) in [6, 6.07) is 16.4. The lowest BCUT2D eigenvalue weighted by atomic mass is 10.00. The molecule has 1 amide bonds. The quantitative estimate of drug-likeness (QED) is 0.589. The Bertz CT molecular complexity index is 1060. The minimum absolute atomic E-state index is 0.0921. The Morgan fingerprint density at radius 3 is 2.27 bits per heavy atom. The van der Waals surface area contributed by atoms with Crippen LogP contribution in [0.1, 0.15) is 17.5 Å². The predicted octanol–water partition coefficient (Wildman–Crippen LogP) is 4.39. The van der Waals surface area contributed by atoms with E-state index in [2.05, 4.69) is 70.9 Å². The van der Waals surface area contributed by atoms with Gasteiger partial charge in [-0.25, -0.2) is 0 Å². The molecule has 5 rings (SSSR count). The van der Waals surface area contributed by atoms with Gasteiger partial charge in [0.05, 0.1) is 18.7 Å². The van der Waals surface area contributed by atoms with E-state index in [-0.39, 0.29) is 5.91 Å². The summed E-state index contributed by atoms with van der Waals surface area (Å²) in [5, 5.41) is 0. The number of carbonyl (C=O) groups excluding carboxylic acids is 1. The van der Waals surface area contributed by atoms with E-state index in [4.69, 9.17) is 0 Å². The number of amides is 1. The highest BCUT2D eigenvalue weighted by molar-refractivity contribution is 9.10. The molecule has 0 radical (unpaired) electrons. The van der Waals surface area contributed by atoms with Crippen LogP contribution in [0.5, 0.6) is 0 Å². The molecule has 0 aromatic heterocycles. The van der Waals surface area contributed by atoms with Gasteiger partial charge in [0.15, 0.2) is 0 Å². The molecule has 3 aliphatic heterocycles. The number of nitrogens with zero attached hydrogens (tertiary/aromatic N) is 4. The van der Waals surface area contributed by atoms with Crippen LogP contribution in [0.2, 0.25) is 0 Å². The Morgan fingerprint density at radius 1 is 0.900 bits per heavy atom. The fourth-order valence-electron chi connectivity index (χ4n) is 4.42. The summed E-state index contributed by atoms with van der Waals surface area (Å²) >= 11 is 7.27. The zero-order chi connectivity index (χ0) is 20.7. The Kier molecular flexibility index (Phi) is 5.52. The minimum Gasteiger partial charge on any atom is -0.314 e. The van der Waals surface area contributed by atoms with Crippen LogP contribution in [0.15, 0.2) is 73.7 Å². The Morgan fingerprint density at radius 2 is 1.57 bits per heavy atom. The standard InChI is InChI=1S/C23H22Br2N4O/c24-19-7-3-1-5-16(19)13-27-11-9-21-18(15-27)22(30)29(23-26-10-12-28(21)23)14-17-6-2-4-8-20(17)25/h1-8H,9-15H2. The summed E-state index contributed by atoms with van der Waals surface area (Å²) in [5.41, 5.74) is 4.42. The molecule has 30 heavy (non-hydrogen) atoms. The molecular weight excluding hydrogens is 508 g/mol. The van der Waals surface area contributed by atoms with E-state index in [1.165, 1.54) is 11.3 Å². The van der Waals surface area contributed by atoms with Crippen LogP contribution in [-0.4, -0.2) is 52.7 Å². The predicted molar refractivity (Wildman–Crippen MR) is 125 cm³/mol. The molecule has 0 saturated heterocycles. The van der Waals surface area contributed by atoms with E-state index in [0.717, 1.165) is 58.6 Å². The van der Waals surface area contributed by atoms with Gasteiger partial charge in [-0.3, -0.25) is 19.6 Å². The second-order valence-corrected chi connectivity index (χ2v) is 9.50. The Balaban J connectivity index is 1.42. The van der Waals surface area contributed by atoms with E-state index in [9.17, 15) is 4.79 Å². The first-order valence-corrected chi connectivity index (χ1v) is 11.8. The monoisotopic (exact) mass is 528 g/mol.